The first-order valence-corrected chi connectivity index (χ1v) is 4.81. The molecule has 2 aromatic rings. The van der Waals surface area contributed by atoms with E-state index in [0.29, 0.717) is 0 Å². The van der Waals surface area contributed by atoms with Crippen LogP contribution in [-0.4, -0.2) is 0 Å². The minimum Gasteiger partial charge on any atom is -1.00 e. The van der Waals surface area contributed by atoms with Crippen molar-refractivity contribution in [2.75, 3.05) is 0 Å². The van der Waals surface area contributed by atoms with Crippen molar-refractivity contribution in [3.63, 3.8) is 0 Å². The summed E-state index contributed by atoms with van der Waals surface area (Å²) in [6.07, 6.45) is 4.03. The fourth-order valence-corrected chi connectivity index (χ4v) is 1.75. The monoisotopic (exact) mass is 219 g/mol. The van der Waals surface area contributed by atoms with E-state index in [1.807, 2.05) is 6.08 Å². The third-order valence-electron chi connectivity index (χ3n) is 2.54. The van der Waals surface area contributed by atoms with Gasteiger partial charge in [0.05, 0.1) is 0 Å². The molecule has 0 amide bonds. The molecular formula is C13H14ClN. The normalized spacial score (nSPS) is 9.67. The number of pyridine rings is 1. The Morgan fingerprint density at radius 3 is 2.73 bits per heavy atom. The van der Waals surface area contributed by atoms with E-state index in [0.717, 1.165) is 6.54 Å². The molecule has 0 fully saturated rings. The molecule has 0 spiro atoms. The van der Waals surface area contributed by atoms with Crippen LogP contribution in [0.15, 0.2) is 49.2 Å². The second-order valence-corrected chi connectivity index (χ2v) is 3.43. The van der Waals surface area contributed by atoms with Crippen LogP contribution in [0.4, 0.5) is 0 Å². The van der Waals surface area contributed by atoms with E-state index in [-0.39, 0.29) is 12.4 Å². The van der Waals surface area contributed by atoms with Gasteiger partial charge in [0.25, 0.3) is 0 Å². The summed E-state index contributed by atoms with van der Waals surface area (Å²) in [6.45, 7) is 6.77. The van der Waals surface area contributed by atoms with Crippen LogP contribution in [-0.2, 0) is 6.54 Å². The molecule has 0 radical (unpaired) electrons. The van der Waals surface area contributed by atoms with Crippen LogP contribution in [0.3, 0.4) is 0 Å². The molecule has 0 saturated heterocycles. The zero-order chi connectivity index (χ0) is 9.97. The second-order valence-electron chi connectivity index (χ2n) is 3.43. The summed E-state index contributed by atoms with van der Waals surface area (Å²) in [5.41, 5.74) is 1.29. The summed E-state index contributed by atoms with van der Waals surface area (Å²) in [5.74, 6) is 0. The Labute approximate surface area is 96.5 Å². The zero-order valence-electron chi connectivity index (χ0n) is 8.78. The average molecular weight is 220 g/mol. The van der Waals surface area contributed by atoms with Crippen molar-refractivity contribution in [1.82, 2.24) is 0 Å². The molecule has 1 heterocycles. The fraction of sp³-hybridized carbons (Fsp3) is 0.154. The number of hydrogen-bond donors (Lipinski definition) is 0. The van der Waals surface area contributed by atoms with E-state index in [2.05, 4.69) is 54.6 Å². The largest absolute Gasteiger partial charge is 1.00 e. The van der Waals surface area contributed by atoms with Crippen LogP contribution in [0.2, 0.25) is 0 Å². The van der Waals surface area contributed by atoms with Gasteiger partial charge >= 0.3 is 0 Å². The van der Waals surface area contributed by atoms with Gasteiger partial charge in [-0.2, -0.15) is 4.57 Å². The number of benzene rings is 1. The van der Waals surface area contributed by atoms with E-state index in [9.17, 15) is 0 Å². The molecule has 1 aromatic carbocycles. The molecule has 2 heteroatoms. The van der Waals surface area contributed by atoms with Gasteiger partial charge in [0.1, 0.15) is 0 Å². The lowest BCUT2D eigenvalue weighted by molar-refractivity contribution is -0.691. The van der Waals surface area contributed by atoms with Gasteiger partial charge in [-0.15, -0.1) is 0 Å². The third kappa shape index (κ3) is 2.18. The van der Waals surface area contributed by atoms with Gasteiger partial charge in [0.2, 0.25) is 0 Å². The Hall–Kier alpha value is -1.34. The predicted octanol–water partition coefficient (Wildman–Crippen LogP) is -0.374. The van der Waals surface area contributed by atoms with Crippen LogP contribution in [0.1, 0.15) is 5.69 Å². The van der Waals surface area contributed by atoms with Gasteiger partial charge in [-0.1, -0.05) is 24.8 Å². The molecule has 0 unspecified atom stereocenters. The van der Waals surface area contributed by atoms with Crippen LogP contribution in [0.5, 0.6) is 0 Å². The lowest BCUT2D eigenvalue weighted by Crippen LogP contribution is -3.00. The molecule has 0 N–H and O–H groups in total. The highest BCUT2D eigenvalue weighted by atomic mass is 35.5. The first kappa shape index (κ1) is 11.7. The Morgan fingerprint density at radius 2 is 2.00 bits per heavy atom. The first-order chi connectivity index (χ1) is 6.83. The van der Waals surface area contributed by atoms with E-state index >= 15 is 0 Å². The molecule has 0 saturated carbocycles. The van der Waals surface area contributed by atoms with Crippen molar-refractivity contribution < 1.29 is 17.0 Å². The molecule has 0 aliphatic carbocycles. The standard InChI is InChI=1S/C13H14N.ClH/c1-3-9-14-10-8-12-6-4-5-7-13(12)11(14)2;/h3-8,10H,1,9H2,2H3;1H/q+1;/p-1. The topological polar surface area (TPSA) is 3.88 Å². The number of allylic oxidation sites excluding steroid dienone is 1. The second kappa shape index (κ2) is 4.94. The lowest BCUT2D eigenvalue weighted by Gasteiger charge is -2.01. The Bertz CT molecular complexity index is 477. The molecule has 0 bridgehead atoms. The summed E-state index contributed by atoms with van der Waals surface area (Å²) in [6, 6.07) is 10.6. The predicted molar refractivity (Wildman–Crippen MR) is 59.1 cm³/mol. The molecule has 0 atom stereocenters. The first-order valence-electron chi connectivity index (χ1n) is 4.81. The summed E-state index contributed by atoms with van der Waals surface area (Å²) in [4.78, 5) is 0. The smallest absolute Gasteiger partial charge is 0.186 e. The number of fused-ring (bicyclic) bond motifs is 1. The van der Waals surface area contributed by atoms with Crippen molar-refractivity contribution in [1.29, 1.82) is 0 Å². The minimum absolute atomic E-state index is 0. The van der Waals surface area contributed by atoms with Crippen LogP contribution in [0.25, 0.3) is 10.8 Å². The lowest BCUT2D eigenvalue weighted by atomic mass is 10.1. The molecule has 1 aromatic heterocycles. The van der Waals surface area contributed by atoms with Gasteiger partial charge < -0.3 is 12.4 Å². The molecular weight excluding hydrogens is 206 g/mol. The van der Waals surface area contributed by atoms with Gasteiger partial charge in [-0.05, 0) is 17.5 Å². The number of nitrogens with zero attached hydrogens (tertiary/aromatic N) is 1. The number of halogens is 1. The van der Waals surface area contributed by atoms with Gasteiger partial charge in [-0.3, -0.25) is 0 Å². The Morgan fingerprint density at radius 1 is 1.27 bits per heavy atom. The van der Waals surface area contributed by atoms with Crippen molar-refractivity contribution >= 4 is 10.8 Å². The summed E-state index contributed by atoms with van der Waals surface area (Å²) in [5, 5.41) is 2.61. The Balaban J connectivity index is 0.00000112. The molecule has 0 aliphatic rings. The van der Waals surface area contributed by atoms with Crippen molar-refractivity contribution in [3.8, 4) is 0 Å². The molecule has 2 rings (SSSR count). The number of aromatic nitrogens is 1. The van der Waals surface area contributed by atoms with E-state index in [4.69, 9.17) is 0 Å². The summed E-state index contributed by atoms with van der Waals surface area (Å²) in [7, 11) is 0. The van der Waals surface area contributed by atoms with Crippen LogP contribution in [0, 0.1) is 6.92 Å². The highest BCUT2D eigenvalue weighted by Crippen LogP contribution is 2.13. The van der Waals surface area contributed by atoms with Crippen molar-refractivity contribution in [2.45, 2.75) is 13.5 Å². The van der Waals surface area contributed by atoms with Crippen molar-refractivity contribution in [3.05, 3.63) is 54.9 Å². The average Bonchev–Trinajstić information content (AvgIpc) is 2.23. The maximum atomic E-state index is 3.76. The van der Waals surface area contributed by atoms with Gasteiger partial charge in [-0.25, -0.2) is 0 Å². The van der Waals surface area contributed by atoms with Gasteiger partial charge in [0.15, 0.2) is 18.4 Å². The maximum Gasteiger partial charge on any atom is 0.186 e. The minimum atomic E-state index is 0. The fourth-order valence-electron chi connectivity index (χ4n) is 1.75. The van der Waals surface area contributed by atoms with E-state index < -0.39 is 0 Å². The van der Waals surface area contributed by atoms with Crippen LogP contribution < -0.4 is 17.0 Å². The maximum absolute atomic E-state index is 3.76. The van der Waals surface area contributed by atoms with E-state index in [1.165, 1.54) is 16.5 Å². The SMILES string of the molecule is C=CC[n+]1ccc2ccccc2c1C.[Cl-]. The Kier molecular flexibility index (Phi) is 3.87. The quantitative estimate of drug-likeness (QED) is 0.479. The van der Waals surface area contributed by atoms with Crippen molar-refractivity contribution in [2.24, 2.45) is 0 Å². The van der Waals surface area contributed by atoms with E-state index in [1.54, 1.807) is 0 Å². The van der Waals surface area contributed by atoms with Gasteiger partial charge in [0, 0.05) is 18.4 Å². The molecule has 15 heavy (non-hydrogen) atoms. The van der Waals surface area contributed by atoms with Crippen LogP contribution >= 0.6 is 0 Å². The zero-order valence-corrected chi connectivity index (χ0v) is 9.54. The number of rotatable bonds is 2. The molecule has 0 aliphatic heterocycles. The summed E-state index contributed by atoms with van der Waals surface area (Å²) < 4.78 is 2.20. The molecule has 1 nitrogen and oxygen atoms in total. The summed E-state index contributed by atoms with van der Waals surface area (Å²) >= 11 is 0. The highest BCUT2D eigenvalue weighted by molar-refractivity contribution is 5.83. The number of aryl methyl sites for hydroxylation is 1. The number of hydrogen-bond acceptors (Lipinski definition) is 0. The molecule has 78 valence electrons. The third-order valence-corrected chi connectivity index (χ3v) is 2.54. The highest BCUT2D eigenvalue weighted by Gasteiger charge is 2.07.